The Kier molecular flexibility index (Phi) is 5.29. The normalized spacial score (nSPS) is 15.1. The minimum Gasteiger partial charge on any atom is -0.492 e. The van der Waals surface area contributed by atoms with Crippen LogP contribution in [0.3, 0.4) is 0 Å². The smallest absolute Gasteiger partial charge is 0.142 e. The van der Waals surface area contributed by atoms with Crippen molar-refractivity contribution in [2.45, 2.75) is 32.6 Å². The first-order valence-electron chi connectivity index (χ1n) is 8.42. The molecule has 5 heteroatoms. The summed E-state index contributed by atoms with van der Waals surface area (Å²) in [6, 6.07) is 9.94. The maximum absolute atomic E-state index is 5.66. The van der Waals surface area contributed by atoms with E-state index in [9.17, 15) is 0 Å². The van der Waals surface area contributed by atoms with Gasteiger partial charge < -0.3 is 15.0 Å². The Morgan fingerprint density at radius 2 is 1.87 bits per heavy atom. The zero-order chi connectivity index (χ0) is 15.9. The molecule has 1 N–H and O–H groups in total. The second-order valence-corrected chi connectivity index (χ2v) is 5.72. The van der Waals surface area contributed by atoms with Gasteiger partial charge in [0.15, 0.2) is 0 Å². The Bertz CT molecular complexity index is 624. The van der Waals surface area contributed by atoms with Crippen LogP contribution in [0.2, 0.25) is 0 Å². The first-order valence-corrected chi connectivity index (χ1v) is 8.42. The molecular weight excluding hydrogens is 288 g/mol. The molecule has 2 heterocycles. The van der Waals surface area contributed by atoms with Crippen molar-refractivity contribution in [1.82, 2.24) is 9.97 Å². The van der Waals surface area contributed by atoms with Gasteiger partial charge in [0.25, 0.3) is 0 Å². The molecule has 2 aromatic rings. The Hall–Kier alpha value is -2.30. The fraction of sp³-hybridized carbons (Fsp3) is 0.444. The lowest BCUT2D eigenvalue weighted by molar-refractivity contribution is 0.342. The molecule has 1 saturated heterocycles. The van der Waals surface area contributed by atoms with Crippen molar-refractivity contribution in [2.75, 3.05) is 29.9 Å². The highest BCUT2D eigenvalue weighted by Crippen LogP contribution is 2.27. The van der Waals surface area contributed by atoms with E-state index in [2.05, 4.69) is 20.2 Å². The summed E-state index contributed by atoms with van der Waals surface area (Å²) in [5, 5.41) is 3.35. The van der Waals surface area contributed by atoms with Crippen molar-refractivity contribution in [3.63, 3.8) is 0 Å². The Morgan fingerprint density at radius 1 is 1.09 bits per heavy atom. The van der Waals surface area contributed by atoms with Gasteiger partial charge >= 0.3 is 0 Å². The number of aromatic nitrogens is 2. The molecule has 122 valence electrons. The van der Waals surface area contributed by atoms with Crippen LogP contribution in [0.1, 0.15) is 32.6 Å². The molecule has 0 atom stereocenters. The first kappa shape index (κ1) is 15.6. The van der Waals surface area contributed by atoms with Crippen LogP contribution in [-0.4, -0.2) is 29.7 Å². The zero-order valence-corrected chi connectivity index (χ0v) is 13.7. The van der Waals surface area contributed by atoms with Crippen LogP contribution in [0, 0.1) is 0 Å². The SMILES string of the molecule is CCOc1ccccc1Nc1cc(N2CCCCCC2)ncn1. The van der Waals surface area contributed by atoms with E-state index in [1.807, 2.05) is 37.3 Å². The number of ether oxygens (including phenoxy) is 1. The average Bonchev–Trinajstić information content (AvgIpc) is 2.87. The minimum absolute atomic E-state index is 0.640. The van der Waals surface area contributed by atoms with Crippen LogP contribution in [0.15, 0.2) is 36.7 Å². The third-order valence-electron chi connectivity index (χ3n) is 4.03. The maximum atomic E-state index is 5.66. The molecule has 0 unspecified atom stereocenters. The third-order valence-corrected chi connectivity index (χ3v) is 4.03. The summed E-state index contributed by atoms with van der Waals surface area (Å²) < 4.78 is 5.66. The summed E-state index contributed by atoms with van der Waals surface area (Å²) in [5.41, 5.74) is 0.926. The molecule has 1 fully saturated rings. The van der Waals surface area contributed by atoms with Crippen LogP contribution in [0.4, 0.5) is 17.3 Å². The number of hydrogen-bond acceptors (Lipinski definition) is 5. The Labute approximate surface area is 137 Å². The highest BCUT2D eigenvalue weighted by molar-refractivity contribution is 5.65. The fourth-order valence-electron chi connectivity index (χ4n) is 2.88. The van der Waals surface area contributed by atoms with Gasteiger partial charge in [-0.05, 0) is 31.9 Å². The molecular formula is C18H24N4O. The van der Waals surface area contributed by atoms with Gasteiger partial charge in [-0.3, -0.25) is 0 Å². The van der Waals surface area contributed by atoms with E-state index in [-0.39, 0.29) is 0 Å². The molecule has 5 nitrogen and oxygen atoms in total. The molecule has 0 aliphatic carbocycles. The van der Waals surface area contributed by atoms with E-state index in [4.69, 9.17) is 4.74 Å². The van der Waals surface area contributed by atoms with Crippen molar-refractivity contribution < 1.29 is 4.74 Å². The van der Waals surface area contributed by atoms with Crippen LogP contribution < -0.4 is 15.0 Å². The van der Waals surface area contributed by atoms with E-state index >= 15 is 0 Å². The summed E-state index contributed by atoms with van der Waals surface area (Å²) >= 11 is 0. The topological polar surface area (TPSA) is 50.3 Å². The molecule has 3 rings (SSSR count). The molecule has 0 bridgehead atoms. The van der Waals surface area contributed by atoms with Crippen LogP contribution in [0.25, 0.3) is 0 Å². The molecule has 1 aliphatic heterocycles. The van der Waals surface area contributed by atoms with Gasteiger partial charge in [-0.15, -0.1) is 0 Å². The number of anilines is 3. The average molecular weight is 312 g/mol. The minimum atomic E-state index is 0.640. The second kappa shape index (κ2) is 7.81. The lowest BCUT2D eigenvalue weighted by Gasteiger charge is -2.21. The highest BCUT2D eigenvalue weighted by atomic mass is 16.5. The van der Waals surface area contributed by atoms with Gasteiger partial charge in [0, 0.05) is 19.2 Å². The summed E-state index contributed by atoms with van der Waals surface area (Å²) in [6.07, 6.45) is 6.73. The van der Waals surface area contributed by atoms with Crippen molar-refractivity contribution in [1.29, 1.82) is 0 Å². The van der Waals surface area contributed by atoms with Crippen molar-refractivity contribution in [2.24, 2.45) is 0 Å². The van der Waals surface area contributed by atoms with Crippen LogP contribution >= 0.6 is 0 Å². The van der Waals surface area contributed by atoms with Crippen molar-refractivity contribution in [3.05, 3.63) is 36.7 Å². The quantitative estimate of drug-likeness (QED) is 0.904. The summed E-state index contributed by atoms with van der Waals surface area (Å²) in [4.78, 5) is 11.2. The molecule has 1 aromatic heterocycles. The van der Waals surface area contributed by atoms with Crippen LogP contribution in [0.5, 0.6) is 5.75 Å². The van der Waals surface area contributed by atoms with Gasteiger partial charge in [0.05, 0.1) is 12.3 Å². The molecule has 0 spiro atoms. The summed E-state index contributed by atoms with van der Waals surface area (Å²) in [5.74, 6) is 2.63. The van der Waals surface area contributed by atoms with Crippen LogP contribution in [-0.2, 0) is 0 Å². The first-order chi connectivity index (χ1) is 11.4. The van der Waals surface area contributed by atoms with E-state index in [1.165, 1.54) is 25.7 Å². The molecule has 23 heavy (non-hydrogen) atoms. The van der Waals surface area contributed by atoms with Crippen molar-refractivity contribution in [3.8, 4) is 5.75 Å². The standard InChI is InChI=1S/C18H24N4O/c1-2-23-16-10-6-5-9-15(16)21-17-13-18(20-14-19-17)22-11-7-3-4-8-12-22/h5-6,9-10,13-14H,2-4,7-8,11-12H2,1H3,(H,19,20,21). The van der Waals surface area contributed by atoms with E-state index in [0.29, 0.717) is 6.61 Å². The molecule has 0 saturated carbocycles. The Balaban J connectivity index is 1.77. The summed E-state index contributed by atoms with van der Waals surface area (Å²) in [7, 11) is 0. The predicted molar refractivity (Wildman–Crippen MR) is 93.6 cm³/mol. The van der Waals surface area contributed by atoms with Gasteiger partial charge in [-0.25, -0.2) is 9.97 Å². The zero-order valence-electron chi connectivity index (χ0n) is 13.7. The van der Waals surface area contributed by atoms with Gasteiger partial charge in [0.2, 0.25) is 0 Å². The predicted octanol–water partition coefficient (Wildman–Crippen LogP) is 4.00. The second-order valence-electron chi connectivity index (χ2n) is 5.72. The lowest BCUT2D eigenvalue weighted by atomic mass is 10.2. The van der Waals surface area contributed by atoms with E-state index < -0.39 is 0 Å². The van der Waals surface area contributed by atoms with Gasteiger partial charge in [0.1, 0.15) is 23.7 Å². The molecule has 1 aromatic carbocycles. The third kappa shape index (κ3) is 4.12. The molecule has 0 amide bonds. The van der Waals surface area contributed by atoms with Gasteiger partial charge in [-0.2, -0.15) is 0 Å². The number of benzene rings is 1. The number of hydrogen-bond donors (Lipinski definition) is 1. The van der Waals surface area contributed by atoms with Gasteiger partial charge in [-0.1, -0.05) is 25.0 Å². The van der Waals surface area contributed by atoms with E-state index in [0.717, 1.165) is 36.2 Å². The number of nitrogens with zero attached hydrogens (tertiary/aromatic N) is 3. The highest BCUT2D eigenvalue weighted by Gasteiger charge is 2.12. The van der Waals surface area contributed by atoms with Crippen molar-refractivity contribution >= 4 is 17.3 Å². The maximum Gasteiger partial charge on any atom is 0.142 e. The number of rotatable bonds is 5. The Morgan fingerprint density at radius 3 is 2.65 bits per heavy atom. The largest absolute Gasteiger partial charge is 0.492 e. The monoisotopic (exact) mass is 312 g/mol. The van der Waals surface area contributed by atoms with E-state index in [1.54, 1.807) is 6.33 Å². The fourth-order valence-corrected chi connectivity index (χ4v) is 2.88. The number of para-hydroxylation sites is 2. The lowest BCUT2D eigenvalue weighted by Crippen LogP contribution is -2.25. The number of nitrogens with one attached hydrogen (secondary N) is 1. The summed E-state index contributed by atoms with van der Waals surface area (Å²) in [6.45, 7) is 4.78. The molecule has 1 aliphatic rings. The molecule has 0 radical (unpaired) electrons.